The van der Waals surface area contributed by atoms with Crippen LogP contribution in [0, 0.1) is 0 Å². The van der Waals surface area contributed by atoms with Crippen LogP contribution < -0.4 is 0 Å². The first-order chi connectivity index (χ1) is 5.61. The molecular formula is C8H5BrO2S. The molecule has 1 aromatic rings. The third-order valence-electron chi connectivity index (χ3n) is 1.71. The van der Waals surface area contributed by atoms with E-state index in [9.17, 15) is 8.42 Å². The molecule has 12 heavy (non-hydrogen) atoms. The van der Waals surface area contributed by atoms with Crippen LogP contribution in [0.3, 0.4) is 0 Å². The lowest BCUT2D eigenvalue weighted by Gasteiger charge is -1.96. The zero-order chi connectivity index (χ0) is 8.77. The molecule has 0 N–H and O–H groups in total. The standard InChI is InChI=1S/C8H5BrO2S/c9-7-5-12(10,11)8-4-2-1-3-6(7)8/h1-5H. The fraction of sp³-hybridized carbons (Fsp3) is 0. The normalized spacial score (nSPS) is 18.6. The fourth-order valence-electron chi connectivity index (χ4n) is 1.18. The predicted molar refractivity (Wildman–Crippen MR) is 50.5 cm³/mol. The van der Waals surface area contributed by atoms with Gasteiger partial charge in [-0.05, 0) is 22.0 Å². The summed E-state index contributed by atoms with van der Waals surface area (Å²) in [6.45, 7) is 0. The van der Waals surface area contributed by atoms with Gasteiger partial charge in [0.15, 0.2) is 0 Å². The highest BCUT2D eigenvalue weighted by atomic mass is 79.9. The van der Waals surface area contributed by atoms with E-state index in [2.05, 4.69) is 15.9 Å². The van der Waals surface area contributed by atoms with Crippen molar-refractivity contribution in [3.8, 4) is 0 Å². The highest BCUT2D eigenvalue weighted by molar-refractivity contribution is 9.15. The van der Waals surface area contributed by atoms with Gasteiger partial charge in [-0.15, -0.1) is 0 Å². The van der Waals surface area contributed by atoms with Crippen molar-refractivity contribution in [2.24, 2.45) is 0 Å². The largest absolute Gasteiger partial charge is 0.219 e. The van der Waals surface area contributed by atoms with Crippen LogP contribution in [0.5, 0.6) is 0 Å². The topological polar surface area (TPSA) is 34.1 Å². The molecule has 1 aromatic carbocycles. The zero-order valence-corrected chi connectivity index (χ0v) is 8.39. The van der Waals surface area contributed by atoms with Gasteiger partial charge in [0.1, 0.15) is 0 Å². The zero-order valence-electron chi connectivity index (χ0n) is 5.99. The van der Waals surface area contributed by atoms with E-state index in [4.69, 9.17) is 0 Å². The van der Waals surface area contributed by atoms with Gasteiger partial charge >= 0.3 is 0 Å². The lowest BCUT2D eigenvalue weighted by atomic mass is 10.2. The molecule has 0 fully saturated rings. The molecular weight excluding hydrogens is 240 g/mol. The van der Waals surface area contributed by atoms with Crippen LogP contribution in [0.2, 0.25) is 0 Å². The Hall–Kier alpha value is -0.610. The summed E-state index contributed by atoms with van der Waals surface area (Å²) in [4.78, 5) is 0.386. The average molecular weight is 245 g/mol. The lowest BCUT2D eigenvalue weighted by Crippen LogP contribution is -1.91. The van der Waals surface area contributed by atoms with Gasteiger partial charge in [-0.3, -0.25) is 0 Å². The summed E-state index contributed by atoms with van der Waals surface area (Å²) >= 11 is 3.19. The summed E-state index contributed by atoms with van der Waals surface area (Å²) in [6.07, 6.45) is 0. The molecule has 0 spiro atoms. The van der Waals surface area contributed by atoms with Crippen molar-refractivity contribution in [1.29, 1.82) is 0 Å². The van der Waals surface area contributed by atoms with Crippen LogP contribution >= 0.6 is 15.9 Å². The van der Waals surface area contributed by atoms with Crippen molar-refractivity contribution in [3.05, 3.63) is 35.2 Å². The molecule has 1 aliphatic rings. The second-order valence-corrected chi connectivity index (χ2v) is 5.13. The molecule has 0 amide bonds. The summed E-state index contributed by atoms with van der Waals surface area (Å²) in [7, 11) is -3.16. The number of hydrogen-bond donors (Lipinski definition) is 0. The smallest absolute Gasteiger partial charge is 0.201 e. The molecule has 0 saturated carbocycles. The van der Waals surface area contributed by atoms with Crippen molar-refractivity contribution >= 4 is 30.2 Å². The van der Waals surface area contributed by atoms with Crippen LogP contribution in [-0.4, -0.2) is 8.42 Å². The van der Waals surface area contributed by atoms with E-state index in [0.29, 0.717) is 9.38 Å². The van der Waals surface area contributed by atoms with E-state index < -0.39 is 9.84 Å². The van der Waals surface area contributed by atoms with Crippen LogP contribution in [-0.2, 0) is 9.84 Å². The Balaban J connectivity index is 2.86. The Morgan fingerprint density at radius 3 is 2.50 bits per heavy atom. The van der Waals surface area contributed by atoms with E-state index >= 15 is 0 Å². The summed E-state index contributed by atoms with van der Waals surface area (Å²) in [5.74, 6) is 0. The number of sulfone groups is 1. The van der Waals surface area contributed by atoms with Gasteiger partial charge in [-0.2, -0.15) is 0 Å². The summed E-state index contributed by atoms with van der Waals surface area (Å²) in [5.41, 5.74) is 0.748. The molecule has 0 saturated heterocycles. The molecule has 0 radical (unpaired) electrons. The van der Waals surface area contributed by atoms with Crippen LogP contribution in [0.4, 0.5) is 0 Å². The van der Waals surface area contributed by atoms with Gasteiger partial charge in [-0.1, -0.05) is 18.2 Å². The Morgan fingerprint density at radius 1 is 1.17 bits per heavy atom. The molecule has 4 heteroatoms. The van der Waals surface area contributed by atoms with E-state index in [0.717, 1.165) is 5.56 Å². The Labute approximate surface area is 79.0 Å². The van der Waals surface area contributed by atoms with Crippen molar-refractivity contribution in [1.82, 2.24) is 0 Å². The Kier molecular flexibility index (Phi) is 1.63. The Morgan fingerprint density at radius 2 is 1.83 bits per heavy atom. The second kappa shape index (κ2) is 2.44. The molecule has 0 aromatic heterocycles. The number of fused-ring (bicyclic) bond motifs is 1. The minimum atomic E-state index is -3.16. The third kappa shape index (κ3) is 1.03. The molecule has 0 unspecified atom stereocenters. The van der Waals surface area contributed by atoms with Crippen molar-refractivity contribution < 1.29 is 8.42 Å². The average Bonchev–Trinajstić information content (AvgIpc) is 2.25. The Bertz CT molecular complexity index is 460. The first kappa shape index (κ1) is 8.01. The second-order valence-electron chi connectivity index (χ2n) is 2.51. The van der Waals surface area contributed by atoms with Gasteiger partial charge in [0.2, 0.25) is 9.84 Å². The number of halogens is 1. The summed E-state index contributed by atoms with van der Waals surface area (Å²) < 4.78 is 23.4. The highest BCUT2D eigenvalue weighted by Gasteiger charge is 2.24. The summed E-state index contributed by atoms with van der Waals surface area (Å²) in [5, 5.41) is 1.23. The number of rotatable bonds is 0. The van der Waals surface area contributed by atoms with Crippen LogP contribution in [0.15, 0.2) is 34.6 Å². The number of hydrogen-bond acceptors (Lipinski definition) is 2. The maximum absolute atomic E-state index is 11.4. The van der Waals surface area contributed by atoms with Gasteiger partial charge < -0.3 is 0 Å². The van der Waals surface area contributed by atoms with Gasteiger partial charge in [0.05, 0.1) is 10.3 Å². The van der Waals surface area contributed by atoms with Crippen molar-refractivity contribution in [2.45, 2.75) is 4.90 Å². The number of benzene rings is 1. The van der Waals surface area contributed by atoms with Crippen LogP contribution in [0.1, 0.15) is 5.56 Å². The van der Waals surface area contributed by atoms with Gasteiger partial charge in [0.25, 0.3) is 0 Å². The maximum Gasteiger partial charge on any atom is 0.201 e. The van der Waals surface area contributed by atoms with E-state index in [1.165, 1.54) is 5.41 Å². The SMILES string of the molecule is O=S1(=O)C=C(Br)c2ccccc21. The van der Waals surface area contributed by atoms with E-state index in [-0.39, 0.29) is 0 Å². The first-order valence-electron chi connectivity index (χ1n) is 3.33. The molecule has 0 aliphatic carbocycles. The monoisotopic (exact) mass is 244 g/mol. The van der Waals surface area contributed by atoms with Crippen LogP contribution in [0.25, 0.3) is 4.48 Å². The summed E-state index contributed by atoms with van der Waals surface area (Å²) in [6, 6.07) is 6.92. The van der Waals surface area contributed by atoms with Crippen molar-refractivity contribution in [2.75, 3.05) is 0 Å². The first-order valence-corrected chi connectivity index (χ1v) is 5.67. The predicted octanol–water partition coefficient (Wildman–Crippen LogP) is 2.17. The molecule has 0 bridgehead atoms. The lowest BCUT2D eigenvalue weighted by molar-refractivity contribution is 0.605. The van der Waals surface area contributed by atoms with E-state index in [1.54, 1.807) is 18.2 Å². The quantitative estimate of drug-likeness (QED) is 0.701. The molecule has 0 atom stereocenters. The van der Waals surface area contributed by atoms with Gasteiger partial charge in [-0.25, -0.2) is 8.42 Å². The molecule has 62 valence electrons. The fourth-order valence-corrected chi connectivity index (χ4v) is 3.67. The highest BCUT2D eigenvalue weighted by Crippen LogP contribution is 2.36. The molecule has 2 rings (SSSR count). The molecule has 2 nitrogen and oxygen atoms in total. The van der Waals surface area contributed by atoms with Crippen molar-refractivity contribution in [3.63, 3.8) is 0 Å². The minimum Gasteiger partial charge on any atom is -0.219 e. The molecule has 1 aliphatic heterocycles. The maximum atomic E-state index is 11.4. The molecule has 1 heterocycles. The minimum absolute atomic E-state index is 0.386. The third-order valence-corrected chi connectivity index (χ3v) is 4.18. The van der Waals surface area contributed by atoms with Gasteiger partial charge in [0, 0.05) is 10.0 Å². The van der Waals surface area contributed by atoms with E-state index in [1.807, 2.05) is 6.07 Å².